The fourth-order valence-electron chi connectivity index (χ4n) is 2.47. The van der Waals surface area contributed by atoms with Crippen molar-refractivity contribution in [2.75, 3.05) is 25.0 Å². The number of nitrogens with one attached hydrogen (secondary N) is 2. The number of nitrogens with zero attached hydrogens (tertiary/aromatic N) is 1. The first-order valence-corrected chi connectivity index (χ1v) is 9.46. The van der Waals surface area contributed by atoms with Crippen LogP contribution in [-0.2, 0) is 11.3 Å². The topological polar surface area (TPSA) is 61.4 Å². The highest BCUT2D eigenvalue weighted by atomic mass is 79.9. The molecule has 0 fully saturated rings. The molecule has 0 bridgehead atoms. The number of hydrogen-bond acceptors (Lipinski definition) is 3. The number of anilines is 1. The first kappa shape index (κ1) is 20.1. The molecule has 2 amide bonds. The maximum Gasteiger partial charge on any atom is 0.251 e. The Labute approximate surface area is 162 Å². The normalized spacial score (nSPS) is 10.6. The number of hydrogen-bond donors (Lipinski definition) is 2. The van der Waals surface area contributed by atoms with Crippen LogP contribution in [0.4, 0.5) is 5.69 Å². The molecule has 26 heavy (non-hydrogen) atoms. The van der Waals surface area contributed by atoms with E-state index < -0.39 is 0 Å². The van der Waals surface area contributed by atoms with E-state index in [-0.39, 0.29) is 18.4 Å². The van der Waals surface area contributed by atoms with Gasteiger partial charge < -0.3 is 10.6 Å². The molecule has 0 saturated carbocycles. The molecule has 0 saturated heterocycles. The van der Waals surface area contributed by atoms with E-state index in [0.29, 0.717) is 11.3 Å². The molecule has 0 aromatic heterocycles. The second-order valence-electron chi connectivity index (χ2n) is 5.90. The molecule has 0 atom stereocenters. The van der Waals surface area contributed by atoms with E-state index in [2.05, 4.69) is 45.3 Å². The van der Waals surface area contributed by atoms with E-state index in [4.69, 9.17) is 0 Å². The molecule has 0 aliphatic carbocycles. The van der Waals surface area contributed by atoms with Crippen molar-refractivity contribution in [2.45, 2.75) is 20.4 Å². The fourth-order valence-corrected chi connectivity index (χ4v) is 2.73. The molecule has 5 nitrogen and oxygen atoms in total. The van der Waals surface area contributed by atoms with Gasteiger partial charge >= 0.3 is 0 Å². The maximum atomic E-state index is 12.2. The van der Waals surface area contributed by atoms with Crippen molar-refractivity contribution in [3.05, 3.63) is 64.1 Å². The number of benzene rings is 2. The first-order chi connectivity index (χ1) is 12.5. The molecule has 2 rings (SSSR count). The maximum absolute atomic E-state index is 12.2. The van der Waals surface area contributed by atoms with Crippen molar-refractivity contribution >= 4 is 33.4 Å². The Morgan fingerprint density at radius 1 is 0.962 bits per heavy atom. The van der Waals surface area contributed by atoms with Crippen LogP contribution in [0, 0.1) is 0 Å². The summed E-state index contributed by atoms with van der Waals surface area (Å²) in [7, 11) is 0. The van der Waals surface area contributed by atoms with Gasteiger partial charge in [0.2, 0.25) is 5.91 Å². The summed E-state index contributed by atoms with van der Waals surface area (Å²) < 4.78 is 0.938. The van der Waals surface area contributed by atoms with Gasteiger partial charge in [-0.15, -0.1) is 0 Å². The number of carbonyl (C=O) groups excluding carboxylic acids is 2. The minimum absolute atomic E-state index is 0.0733. The number of rotatable bonds is 8. The molecule has 0 aliphatic heterocycles. The van der Waals surface area contributed by atoms with Crippen LogP contribution in [0.5, 0.6) is 0 Å². The zero-order chi connectivity index (χ0) is 18.9. The third kappa shape index (κ3) is 6.28. The highest BCUT2D eigenvalue weighted by Crippen LogP contribution is 2.13. The van der Waals surface area contributed by atoms with Crippen molar-refractivity contribution in [3.63, 3.8) is 0 Å². The van der Waals surface area contributed by atoms with Crippen molar-refractivity contribution in [3.8, 4) is 0 Å². The van der Waals surface area contributed by atoms with Gasteiger partial charge in [0.05, 0.1) is 6.54 Å². The predicted octanol–water partition coefficient (Wildman–Crippen LogP) is 3.66. The van der Waals surface area contributed by atoms with Crippen molar-refractivity contribution < 1.29 is 9.59 Å². The molecule has 2 aromatic rings. The standard InChI is InChI=1S/C20H24BrN3O2/c1-3-24(4-2)14-15-5-7-16(8-6-15)20(26)22-13-19(25)23-18-11-9-17(21)10-12-18/h5-12H,3-4,13-14H2,1-2H3,(H,22,26)(H,23,25). The van der Waals surface area contributed by atoms with Crippen LogP contribution < -0.4 is 10.6 Å². The van der Waals surface area contributed by atoms with Gasteiger partial charge in [-0.1, -0.05) is 41.9 Å². The van der Waals surface area contributed by atoms with E-state index in [1.54, 1.807) is 24.3 Å². The lowest BCUT2D eigenvalue weighted by Crippen LogP contribution is -2.32. The predicted molar refractivity (Wildman–Crippen MR) is 108 cm³/mol. The third-order valence-electron chi connectivity index (χ3n) is 4.05. The van der Waals surface area contributed by atoms with Crippen LogP contribution in [0.15, 0.2) is 53.0 Å². The Morgan fingerprint density at radius 3 is 2.15 bits per heavy atom. The quantitative estimate of drug-likeness (QED) is 0.688. The van der Waals surface area contributed by atoms with E-state index in [1.807, 2.05) is 24.3 Å². The Balaban J connectivity index is 1.83. The summed E-state index contributed by atoms with van der Waals surface area (Å²) >= 11 is 3.34. The van der Waals surface area contributed by atoms with Gasteiger partial charge in [0.15, 0.2) is 0 Å². The second kappa shape index (κ2) is 10.1. The molecular weight excluding hydrogens is 394 g/mol. The zero-order valence-corrected chi connectivity index (χ0v) is 16.7. The smallest absolute Gasteiger partial charge is 0.251 e. The molecular formula is C20H24BrN3O2. The van der Waals surface area contributed by atoms with Gasteiger partial charge in [-0.3, -0.25) is 14.5 Å². The Hall–Kier alpha value is -2.18. The Bertz CT molecular complexity index is 726. The SMILES string of the molecule is CCN(CC)Cc1ccc(C(=O)NCC(=O)Nc2ccc(Br)cc2)cc1. The summed E-state index contributed by atoms with van der Waals surface area (Å²) in [5.41, 5.74) is 2.40. The third-order valence-corrected chi connectivity index (χ3v) is 4.58. The molecule has 0 spiro atoms. The van der Waals surface area contributed by atoms with Crippen LogP contribution in [0.3, 0.4) is 0 Å². The van der Waals surface area contributed by atoms with E-state index in [0.717, 1.165) is 24.1 Å². The zero-order valence-electron chi connectivity index (χ0n) is 15.1. The van der Waals surface area contributed by atoms with Crippen LogP contribution in [0.2, 0.25) is 0 Å². The summed E-state index contributed by atoms with van der Waals surface area (Å²) in [5, 5.41) is 5.38. The molecule has 0 heterocycles. The minimum atomic E-state index is -0.265. The van der Waals surface area contributed by atoms with Gasteiger partial charge in [-0.05, 0) is 55.1 Å². The average molecular weight is 418 g/mol. The van der Waals surface area contributed by atoms with Gasteiger partial charge in [0.1, 0.15) is 0 Å². The molecule has 0 radical (unpaired) electrons. The molecule has 138 valence electrons. The molecule has 2 aromatic carbocycles. The van der Waals surface area contributed by atoms with Gasteiger partial charge in [0, 0.05) is 22.3 Å². The van der Waals surface area contributed by atoms with Gasteiger partial charge in [0.25, 0.3) is 5.91 Å². The van der Waals surface area contributed by atoms with Crippen molar-refractivity contribution in [1.82, 2.24) is 10.2 Å². The first-order valence-electron chi connectivity index (χ1n) is 8.66. The molecule has 2 N–H and O–H groups in total. The second-order valence-corrected chi connectivity index (χ2v) is 6.81. The summed E-state index contributed by atoms with van der Waals surface area (Å²) in [5.74, 6) is -0.524. The lowest BCUT2D eigenvalue weighted by molar-refractivity contribution is -0.115. The summed E-state index contributed by atoms with van der Waals surface area (Å²) in [6, 6.07) is 14.8. The number of carbonyl (C=O) groups is 2. The highest BCUT2D eigenvalue weighted by Gasteiger charge is 2.09. The lowest BCUT2D eigenvalue weighted by atomic mass is 10.1. The largest absolute Gasteiger partial charge is 0.343 e. The summed E-state index contributed by atoms with van der Waals surface area (Å²) in [6.07, 6.45) is 0. The van der Waals surface area contributed by atoms with Crippen LogP contribution in [0.1, 0.15) is 29.8 Å². The van der Waals surface area contributed by atoms with Crippen molar-refractivity contribution in [1.29, 1.82) is 0 Å². The summed E-state index contributed by atoms with van der Waals surface area (Å²) in [4.78, 5) is 26.4. The van der Waals surface area contributed by atoms with Crippen LogP contribution >= 0.6 is 15.9 Å². The van der Waals surface area contributed by atoms with E-state index in [9.17, 15) is 9.59 Å². The van der Waals surface area contributed by atoms with E-state index >= 15 is 0 Å². The Kier molecular flexibility index (Phi) is 7.81. The van der Waals surface area contributed by atoms with E-state index in [1.165, 1.54) is 5.56 Å². The van der Waals surface area contributed by atoms with Crippen molar-refractivity contribution in [2.24, 2.45) is 0 Å². The monoisotopic (exact) mass is 417 g/mol. The Morgan fingerprint density at radius 2 is 1.58 bits per heavy atom. The molecule has 0 aliphatic rings. The van der Waals surface area contributed by atoms with Gasteiger partial charge in [-0.2, -0.15) is 0 Å². The number of amides is 2. The summed E-state index contributed by atoms with van der Waals surface area (Å²) in [6.45, 7) is 7.04. The lowest BCUT2D eigenvalue weighted by Gasteiger charge is -2.18. The van der Waals surface area contributed by atoms with Crippen LogP contribution in [-0.4, -0.2) is 36.3 Å². The average Bonchev–Trinajstić information content (AvgIpc) is 2.66. The van der Waals surface area contributed by atoms with Crippen LogP contribution in [0.25, 0.3) is 0 Å². The van der Waals surface area contributed by atoms with Gasteiger partial charge in [-0.25, -0.2) is 0 Å². The molecule has 0 unspecified atom stereocenters. The molecule has 6 heteroatoms. The fraction of sp³-hybridized carbons (Fsp3) is 0.300. The highest BCUT2D eigenvalue weighted by molar-refractivity contribution is 9.10. The minimum Gasteiger partial charge on any atom is -0.343 e. The number of halogens is 1.